The van der Waals surface area contributed by atoms with E-state index in [0.29, 0.717) is 10.3 Å². The fourth-order valence-electron chi connectivity index (χ4n) is 0.666. The minimum atomic E-state index is -0.408. The van der Waals surface area contributed by atoms with Crippen molar-refractivity contribution in [3.05, 3.63) is 22.4 Å². The first-order chi connectivity index (χ1) is 6.08. The van der Waals surface area contributed by atoms with Crippen molar-refractivity contribution >= 4 is 64.2 Å². The van der Waals surface area contributed by atoms with E-state index in [-0.39, 0.29) is 18.2 Å². The van der Waals surface area contributed by atoms with Crippen molar-refractivity contribution < 1.29 is 4.79 Å². The van der Waals surface area contributed by atoms with Gasteiger partial charge < -0.3 is 0 Å². The van der Waals surface area contributed by atoms with Crippen LogP contribution in [0.3, 0.4) is 0 Å². The fourth-order valence-corrected chi connectivity index (χ4v) is 2.09. The zero-order chi connectivity index (χ0) is 9.84. The topological polar surface area (TPSA) is 30.0 Å². The third-order valence-electron chi connectivity index (χ3n) is 1.09. The smallest absolute Gasteiger partial charge is 0.231 e. The van der Waals surface area contributed by atoms with Gasteiger partial charge in [-0.1, -0.05) is 23.2 Å². The molecule has 0 spiro atoms. The number of pyridine rings is 1. The zero-order valence-corrected chi connectivity index (χ0v) is 10.6. The minimum Gasteiger partial charge on any atom is -0.280 e. The molecule has 14 heavy (non-hydrogen) atoms. The first-order valence-electron chi connectivity index (χ1n) is 3.22. The molecule has 0 aromatic carbocycles. The lowest BCUT2D eigenvalue weighted by Crippen LogP contribution is -1.89. The first-order valence-corrected chi connectivity index (χ1v) is 5.34. The van der Waals surface area contributed by atoms with Crippen LogP contribution in [0.25, 0.3) is 0 Å². The highest BCUT2D eigenvalue weighted by Gasteiger charge is 2.02. The molecule has 1 rings (SSSR count). The minimum absolute atomic E-state index is 0. The summed E-state index contributed by atoms with van der Waals surface area (Å²) in [7, 11) is 0. The van der Waals surface area contributed by atoms with Gasteiger partial charge in [-0.15, -0.1) is 24.2 Å². The fraction of sp³-hybridized carbons (Fsp3) is 0.143. The van der Waals surface area contributed by atoms with E-state index < -0.39 is 5.24 Å². The zero-order valence-electron chi connectivity index (χ0n) is 6.67. The average molecular weight is 293 g/mol. The van der Waals surface area contributed by atoms with Crippen molar-refractivity contribution in [2.24, 2.45) is 0 Å². The van der Waals surface area contributed by atoms with Crippen molar-refractivity contribution in [3.63, 3.8) is 0 Å². The van der Waals surface area contributed by atoms with Gasteiger partial charge in [0.15, 0.2) is 0 Å². The Hall–Kier alpha value is 0.330. The molecule has 0 aliphatic rings. The van der Waals surface area contributed by atoms with Crippen LogP contribution in [0.15, 0.2) is 17.0 Å². The summed E-state index contributed by atoms with van der Waals surface area (Å²) < 4.78 is 0. The molecule has 2 nitrogen and oxygen atoms in total. The Bertz CT molecular complexity index is 313. The van der Waals surface area contributed by atoms with Crippen LogP contribution < -0.4 is 0 Å². The van der Waals surface area contributed by atoms with Crippen molar-refractivity contribution in [3.8, 4) is 0 Å². The molecule has 0 aliphatic heterocycles. The van der Waals surface area contributed by atoms with E-state index in [1.807, 2.05) is 0 Å². The molecule has 0 saturated carbocycles. The van der Waals surface area contributed by atoms with Crippen LogP contribution in [-0.4, -0.2) is 16.0 Å². The highest BCUT2D eigenvalue weighted by Crippen LogP contribution is 2.24. The molecule has 0 amide bonds. The van der Waals surface area contributed by atoms with Gasteiger partial charge in [0.05, 0.1) is 5.75 Å². The molecular formula is C7H5Cl4NOS. The molecule has 0 N–H and O–H groups in total. The highest BCUT2D eigenvalue weighted by atomic mass is 35.5. The van der Waals surface area contributed by atoms with Crippen LogP contribution >= 0.6 is 59.0 Å². The quantitative estimate of drug-likeness (QED) is 0.484. The summed E-state index contributed by atoms with van der Waals surface area (Å²) in [6, 6.07) is 3.25. The maximum atomic E-state index is 10.4. The van der Waals surface area contributed by atoms with Gasteiger partial charge >= 0.3 is 0 Å². The lowest BCUT2D eigenvalue weighted by molar-refractivity contribution is -0.109. The normalized spacial score (nSPS) is 9.36. The molecule has 0 radical (unpaired) electrons. The second-order valence-corrected chi connectivity index (χ2v) is 4.34. The number of halogens is 4. The molecule has 7 heteroatoms. The second-order valence-electron chi connectivity index (χ2n) is 2.09. The number of hydrogen-bond acceptors (Lipinski definition) is 3. The van der Waals surface area contributed by atoms with Crippen molar-refractivity contribution in [1.29, 1.82) is 0 Å². The summed E-state index contributed by atoms with van der Waals surface area (Å²) >= 11 is 17.7. The number of carbonyl (C=O) groups is 1. The van der Waals surface area contributed by atoms with Gasteiger partial charge in [-0.3, -0.25) is 4.79 Å². The molecule has 1 heterocycles. The molecule has 1 aromatic heterocycles. The number of hydrogen-bond donors (Lipinski definition) is 0. The van der Waals surface area contributed by atoms with Crippen LogP contribution in [0.2, 0.25) is 10.3 Å². The Labute approximate surface area is 107 Å². The summed E-state index contributed by atoms with van der Waals surface area (Å²) in [5.41, 5.74) is 0. The first kappa shape index (κ1) is 14.3. The molecule has 1 aromatic rings. The molecule has 78 valence electrons. The van der Waals surface area contributed by atoms with Gasteiger partial charge in [0, 0.05) is 4.90 Å². The van der Waals surface area contributed by atoms with E-state index in [0.717, 1.165) is 4.90 Å². The van der Waals surface area contributed by atoms with Crippen LogP contribution in [0.5, 0.6) is 0 Å². The monoisotopic (exact) mass is 291 g/mol. The standard InChI is InChI=1S/C7H4Cl3NOS.ClH/c8-5-1-4(2-6(9)11-5)13-3-7(10)12;/h1-2H,3H2;1H. The summed E-state index contributed by atoms with van der Waals surface area (Å²) in [6.07, 6.45) is 0. The van der Waals surface area contributed by atoms with Crippen molar-refractivity contribution in [2.45, 2.75) is 4.90 Å². The molecule has 0 bridgehead atoms. The van der Waals surface area contributed by atoms with Gasteiger partial charge in [-0.2, -0.15) is 0 Å². The van der Waals surface area contributed by atoms with Gasteiger partial charge in [-0.05, 0) is 23.7 Å². The maximum Gasteiger partial charge on any atom is 0.231 e. The molecule has 0 saturated heterocycles. The Morgan fingerprint density at radius 3 is 2.29 bits per heavy atom. The number of thioether (sulfide) groups is 1. The number of carbonyl (C=O) groups excluding carboxylic acids is 1. The molecule has 0 atom stereocenters. The van der Waals surface area contributed by atoms with Gasteiger partial charge in [0.1, 0.15) is 10.3 Å². The second kappa shape index (κ2) is 6.75. The summed E-state index contributed by atoms with van der Waals surface area (Å²) in [4.78, 5) is 15.0. The number of rotatable bonds is 3. The lowest BCUT2D eigenvalue weighted by Gasteiger charge is -1.99. The SMILES string of the molecule is Cl.O=C(Cl)CSc1cc(Cl)nc(Cl)c1. The van der Waals surface area contributed by atoms with Crippen LogP contribution in [-0.2, 0) is 4.79 Å². The van der Waals surface area contributed by atoms with E-state index in [9.17, 15) is 4.79 Å². The Morgan fingerprint density at radius 2 is 1.86 bits per heavy atom. The maximum absolute atomic E-state index is 10.4. The molecule has 0 aliphatic carbocycles. The summed E-state index contributed by atoms with van der Waals surface area (Å²) in [5, 5.41) is 0.197. The van der Waals surface area contributed by atoms with Crippen LogP contribution in [0.1, 0.15) is 0 Å². The Morgan fingerprint density at radius 1 is 1.36 bits per heavy atom. The van der Waals surface area contributed by atoms with Crippen molar-refractivity contribution in [2.75, 3.05) is 5.75 Å². The van der Waals surface area contributed by atoms with Gasteiger partial charge in [0.25, 0.3) is 0 Å². The van der Waals surface area contributed by atoms with Gasteiger partial charge in [-0.25, -0.2) is 4.98 Å². The summed E-state index contributed by atoms with van der Waals surface area (Å²) in [5.74, 6) is 0.193. The Balaban J connectivity index is 0.00000169. The van der Waals surface area contributed by atoms with Crippen LogP contribution in [0, 0.1) is 0 Å². The van der Waals surface area contributed by atoms with Gasteiger partial charge in [0.2, 0.25) is 5.24 Å². The average Bonchev–Trinajstić information content (AvgIpc) is 1.99. The van der Waals surface area contributed by atoms with E-state index in [4.69, 9.17) is 34.8 Å². The predicted molar refractivity (Wildman–Crippen MR) is 63.1 cm³/mol. The van der Waals surface area contributed by atoms with Crippen molar-refractivity contribution in [1.82, 2.24) is 4.98 Å². The largest absolute Gasteiger partial charge is 0.280 e. The van der Waals surface area contributed by atoms with Crippen LogP contribution in [0.4, 0.5) is 0 Å². The Kier molecular flexibility index (Phi) is 6.91. The lowest BCUT2D eigenvalue weighted by atomic mass is 10.5. The predicted octanol–water partition coefficient (Wildman–Crippen LogP) is 3.67. The van der Waals surface area contributed by atoms with E-state index >= 15 is 0 Å². The number of nitrogens with zero attached hydrogens (tertiary/aromatic N) is 1. The summed E-state index contributed by atoms with van der Waals surface area (Å²) in [6.45, 7) is 0. The highest BCUT2D eigenvalue weighted by molar-refractivity contribution is 8.00. The molecule has 0 fully saturated rings. The van der Waals surface area contributed by atoms with E-state index in [1.165, 1.54) is 11.8 Å². The molecule has 0 unspecified atom stereocenters. The van der Waals surface area contributed by atoms with E-state index in [2.05, 4.69) is 4.98 Å². The third-order valence-corrected chi connectivity index (χ3v) is 2.74. The molecular weight excluding hydrogens is 288 g/mol. The third kappa shape index (κ3) is 5.27. The number of aromatic nitrogens is 1. The van der Waals surface area contributed by atoms with E-state index in [1.54, 1.807) is 12.1 Å².